The minimum absolute atomic E-state index is 0.339. The van der Waals surface area contributed by atoms with Gasteiger partial charge in [-0.05, 0) is 0 Å². The van der Waals surface area contributed by atoms with Crippen LogP contribution in [0.1, 0.15) is 80.1 Å². The first-order chi connectivity index (χ1) is 13.1. The van der Waals surface area contributed by atoms with Gasteiger partial charge >= 0.3 is 177 Å². The molecule has 0 radical (unpaired) electrons. The molecule has 1 aromatic rings. The molecule has 0 saturated heterocycles. The summed E-state index contributed by atoms with van der Waals surface area (Å²) in [5, 5.41) is 4.75. The number of hydrogen-bond acceptors (Lipinski definition) is 3. The summed E-state index contributed by atoms with van der Waals surface area (Å²) in [5.74, 6) is 0.720. The zero-order valence-corrected chi connectivity index (χ0v) is 22.5. The Labute approximate surface area is 177 Å². The molecule has 0 spiro atoms. The van der Waals surface area contributed by atoms with Crippen LogP contribution in [0.25, 0.3) is 0 Å². The van der Waals surface area contributed by atoms with E-state index in [0.717, 1.165) is 5.82 Å². The van der Waals surface area contributed by atoms with Crippen molar-refractivity contribution in [2.45, 2.75) is 99.0 Å². The van der Waals surface area contributed by atoms with E-state index < -0.39 is 24.0 Å². The normalized spacial score (nSPS) is 12.3. The second-order valence-corrected chi connectivity index (χ2v) is 22.2. The van der Waals surface area contributed by atoms with Crippen molar-refractivity contribution in [3.8, 4) is 0 Å². The zero-order valence-electron chi connectivity index (χ0n) is 19.6. The number of aromatic nitrogens is 2. The van der Waals surface area contributed by atoms with Crippen molar-refractivity contribution in [1.82, 2.24) is 9.78 Å². The molecule has 1 heterocycles. The molecule has 0 bridgehead atoms. The average molecular weight is 500 g/mol. The zero-order chi connectivity index (χ0) is 21.4. The first-order valence-corrected chi connectivity index (χ1v) is 18.6. The number of ether oxygens (including phenoxy) is 1. The van der Waals surface area contributed by atoms with Crippen LogP contribution in [0.4, 0.5) is 10.6 Å². The predicted octanol–water partition coefficient (Wildman–Crippen LogP) is 5.85. The molecular weight excluding hydrogens is 457 g/mol. The van der Waals surface area contributed by atoms with E-state index in [2.05, 4.69) is 38.6 Å². The molecule has 5 nitrogen and oxygen atoms in total. The standard InChI is InChI=1S/C10H16N3O2.3C4H9.Sn/c1-10(2,3)15-9(14)13(5)8-6-7-12(4)11-8;3*1-3-4-2;/h6H,1-5H3;3*1,3-4H2,2H3;. The minimum atomic E-state index is -2.59. The third-order valence-corrected chi connectivity index (χ3v) is 21.1. The van der Waals surface area contributed by atoms with Gasteiger partial charge in [-0.25, -0.2) is 0 Å². The van der Waals surface area contributed by atoms with Gasteiger partial charge in [0.25, 0.3) is 0 Å². The molecule has 0 saturated carbocycles. The van der Waals surface area contributed by atoms with Crippen LogP contribution in [-0.2, 0) is 11.8 Å². The van der Waals surface area contributed by atoms with E-state index in [-0.39, 0.29) is 6.09 Å². The van der Waals surface area contributed by atoms with Crippen molar-refractivity contribution >= 4 is 34.0 Å². The molecule has 0 unspecified atom stereocenters. The molecule has 1 aromatic heterocycles. The van der Waals surface area contributed by atoms with Gasteiger partial charge in [0, 0.05) is 0 Å². The molecule has 0 fully saturated rings. The molecule has 1 rings (SSSR count). The van der Waals surface area contributed by atoms with Crippen molar-refractivity contribution in [2.24, 2.45) is 7.05 Å². The number of anilines is 1. The summed E-state index contributed by atoms with van der Waals surface area (Å²) in [6.45, 7) is 12.6. The van der Waals surface area contributed by atoms with Crippen LogP contribution in [-0.4, -0.2) is 46.9 Å². The monoisotopic (exact) mass is 501 g/mol. The van der Waals surface area contributed by atoms with Crippen molar-refractivity contribution in [2.75, 3.05) is 11.9 Å². The van der Waals surface area contributed by atoms with E-state index in [1.807, 2.05) is 20.8 Å². The molecule has 6 heteroatoms. The van der Waals surface area contributed by atoms with Crippen molar-refractivity contribution < 1.29 is 9.53 Å². The van der Waals surface area contributed by atoms with Gasteiger partial charge in [-0.2, -0.15) is 0 Å². The van der Waals surface area contributed by atoms with Gasteiger partial charge in [-0.1, -0.05) is 0 Å². The average Bonchev–Trinajstić information content (AvgIpc) is 3.01. The maximum absolute atomic E-state index is 12.5. The van der Waals surface area contributed by atoms with Crippen LogP contribution >= 0.6 is 0 Å². The summed E-state index contributed by atoms with van der Waals surface area (Å²) in [6.07, 6.45) is 7.34. The first-order valence-electron chi connectivity index (χ1n) is 11.1. The number of amides is 1. The Morgan fingerprint density at radius 2 is 1.54 bits per heavy atom. The fourth-order valence-electron chi connectivity index (χ4n) is 3.84. The van der Waals surface area contributed by atoms with Crippen molar-refractivity contribution in [3.05, 3.63) is 6.07 Å². The van der Waals surface area contributed by atoms with Crippen LogP contribution in [0.15, 0.2) is 6.07 Å². The fourth-order valence-corrected chi connectivity index (χ4v) is 20.3. The summed E-state index contributed by atoms with van der Waals surface area (Å²) in [6, 6.07) is 2.21. The summed E-state index contributed by atoms with van der Waals surface area (Å²) in [5.41, 5.74) is -0.505. The van der Waals surface area contributed by atoms with Gasteiger partial charge < -0.3 is 0 Å². The molecule has 0 aliphatic carbocycles. The van der Waals surface area contributed by atoms with E-state index in [1.54, 1.807) is 11.9 Å². The maximum atomic E-state index is 12.5. The molecule has 28 heavy (non-hydrogen) atoms. The van der Waals surface area contributed by atoms with Gasteiger partial charge in [-0.3, -0.25) is 0 Å². The van der Waals surface area contributed by atoms with Crippen LogP contribution < -0.4 is 8.61 Å². The first kappa shape index (κ1) is 25.3. The molecule has 0 N–H and O–H groups in total. The molecular formula is C22H43N3O2Sn. The van der Waals surface area contributed by atoms with E-state index in [9.17, 15) is 4.79 Å². The number of carbonyl (C=O) groups excluding carboxylic acids is 1. The van der Waals surface area contributed by atoms with Crippen LogP contribution in [0.5, 0.6) is 0 Å². The number of carbonyl (C=O) groups is 1. The van der Waals surface area contributed by atoms with E-state index in [0.29, 0.717) is 0 Å². The molecule has 0 aromatic carbocycles. The predicted molar refractivity (Wildman–Crippen MR) is 122 cm³/mol. The van der Waals surface area contributed by atoms with E-state index in [4.69, 9.17) is 9.84 Å². The fraction of sp³-hybridized carbons (Fsp3) is 0.818. The molecule has 0 aliphatic heterocycles. The topological polar surface area (TPSA) is 47.4 Å². The number of rotatable bonds is 11. The summed E-state index contributed by atoms with van der Waals surface area (Å²) in [7, 11) is 3.83. The van der Waals surface area contributed by atoms with Crippen molar-refractivity contribution in [1.29, 1.82) is 0 Å². The van der Waals surface area contributed by atoms with Crippen LogP contribution in [0, 0.1) is 0 Å². The third-order valence-electron chi connectivity index (χ3n) is 5.45. The van der Waals surface area contributed by atoms with Crippen LogP contribution in [0.3, 0.4) is 0 Å². The SMILES string of the molecule is CCC[CH2][Sn]([CH2]CCC)([CH2]CCC)[c]1cc(N(C)C(=O)OC(C)(C)C)nn1C. The number of aryl methyl sites for hydroxylation is 1. The number of nitrogens with zero attached hydrogens (tertiary/aromatic N) is 3. The molecule has 162 valence electrons. The molecule has 0 aliphatic rings. The van der Waals surface area contributed by atoms with E-state index >= 15 is 0 Å². The second-order valence-electron chi connectivity index (χ2n) is 9.14. The summed E-state index contributed by atoms with van der Waals surface area (Å²) >= 11 is -2.59. The van der Waals surface area contributed by atoms with Crippen molar-refractivity contribution in [3.63, 3.8) is 0 Å². The Morgan fingerprint density at radius 1 is 1.07 bits per heavy atom. The Bertz CT molecular complexity index is 586. The molecule has 1 amide bonds. The van der Waals surface area contributed by atoms with Gasteiger partial charge in [0.15, 0.2) is 0 Å². The van der Waals surface area contributed by atoms with Gasteiger partial charge in [0.1, 0.15) is 0 Å². The summed E-state index contributed by atoms with van der Waals surface area (Å²) in [4.78, 5) is 14.1. The number of unbranched alkanes of at least 4 members (excludes halogenated alkanes) is 3. The Morgan fingerprint density at radius 3 is 1.93 bits per heavy atom. The van der Waals surface area contributed by atoms with Gasteiger partial charge in [0.2, 0.25) is 0 Å². The van der Waals surface area contributed by atoms with Crippen LogP contribution in [0.2, 0.25) is 13.3 Å². The number of hydrogen-bond donors (Lipinski definition) is 0. The second kappa shape index (κ2) is 11.5. The Hall–Kier alpha value is -0.721. The summed E-state index contributed by atoms with van der Waals surface area (Å²) < 4.78 is 13.3. The Kier molecular flexibility index (Phi) is 10.4. The van der Waals surface area contributed by atoms with E-state index in [1.165, 1.54) is 55.5 Å². The quantitative estimate of drug-likeness (QED) is 0.359. The Balaban J connectivity index is 3.24. The third kappa shape index (κ3) is 7.27. The molecule has 0 atom stereocenters. The van der Waals surface area contributed by atoms with Gasteiger partial charge in [-0.15, -0.1) is 0 Å². The van der Waals surface area contributed by atoms with Gasteiger partial charge in [0.05, 0.1) is 0 Å².